The third-order valence-electron chi connectivity index (χ3n) is 4.52. The summed E-state index contributed by atoms with van der Waals surface area (Å²) >= 11 is 0. The molecule has 21 heavy (non-hydrogen) atoms. The van der Waals surface area contributed by atoms with Crippen LogP contribution in [0.4, 0.5) is 0 Å². The summed E-state index contributed by atoms with van der Waals surface area (Å²) < 4.78 is 0. The second-order valence-electron chi connectivity index (χ2n) is 5.84. The molecule has 1 N–H and O–H groups in total. The van der Waals surface area contributed by atoms with Crippen LogP contribution in [0.5, 0.6) is 0 Å². The topological polar surface area (TPSA) is 12.0 Å². The first-order valence-electron chi connectivity index (χ1n) is 7.64. The third-order valence-corrected chi connectivity index (χ3v) is 4.52. The van der Waals surface area contributed by atoms with E-state index in [1.54, 1.807) is 0 Å². The Bertz CT molecular complexity index is 790. The molecule has 4 rings (SSSR count). The van der Waals surface area contributed by atoms with Gasteiger partial charge >= 0.3 is 0 Å². The highest BCUT2D eigenvalue weighted by atomic mass is 14.8. The van der Waals surface area contributed by atoms with E-state index in [9.17, 15) is 0 Å². The summed E-state index contributed by atoms with van der Waals surface area (Å²) in [6.07, 6.45) is 2.38. The maximum absolute atomic E-state index is 3.20. The van der Waals surface area contributed by atoms with E-state index < -0.39 is 0 Å². The summed E-state index contributed by atoms with van der Waals surface area (Å²) in [4.78, 5) is 0. The summed E-state index contributed by atoms with van der Waals surface area (Å²) in [5, 5.41) is 6.10. The molecule has 1 heteroatoms. The minimum atomic E-state index is 0.921. The van der Waals surface area contributed by atoms with Gasteiger partial charge in [-0.15, -0.1) is 0 Å². The molecule has 3 aromatic carbocycles. The minimum absolute atomic E-state index is 0.921. The lowest BCUT2D eigenvalue weighted by Crippen LogP contribution is -2.04. The van der Waals surface area contributed by atoms with Crippen LogP contribution in [0.2, 0.25) is 0 Å². The number of rotatable bonds is 3. The lowest BCUT2D eigenvalue weighted by Gasteiger charge is -2.10. The van der Waals surface area contributed by atoms with E-state index in [0.717, 1.165) is 6.54 Å². The second kappa shape index (κ2) is 5.01. The smallest absolute Gasteiger partial charge is 0.0202 e. The first-order chi connectivity index (χ1) is 10.4. The molecule has 1 aliphatic rings. The predicted molar refractivity (Wildman–Crippen MR) is 89.6 cm³/mol. The molecule has 0 atom stereocenters. The highest BCUT2D eigenvalue weighted by Gasteiger charge is 2.16. The van der Waals surface area contributed by atoms with Gasteiger partial charge in [0.05, 0.1) is 0 Å². The normalized spacial score (nSPS) is 13.0. The van der Waals surface area contributed by atoms with Crippen molar-refractivity contribution >= 4 is 10.8 Å². The summed E-state index contributed by atoms with van der Waals surface area (Å²) in [6.45, 7) is 0.921. The molecule has 0 aliphatic heterocycles. The molecule has 0 fully saturated rings. The van der Waals surface area contributed by atoms with Crippen LogP contribution < -0.4 is 5.32 Å². The molecule has 0 saturated heterocycles. The zero-order valence-corrected chi connectivity index (χ0v) is 12.3. The Morgan fingerprint density at radius 3 is 2.38 bits per heavy atom. The van der Waals surface area contributed by atoms with Crippen LogP contribution in [0.1, 0.15) is 16.7 Å². The van der Waals surface area contributed by atoms with Crippen molar-refractivity contribution in [3.63, 3.8) is 0 Å². The van der Waals surface area contributed by atoms with Crippen molar-refractivity contribution < 1.29 is 0 Å². The van der Waals surface area contributed by atoms with Crippen LogP contribution in [0, 0.1) is 0 Å². The molecule has 0 saturated carbocycles. The summed E-state index contributed by atoms with van der Waals surface area (Å²) in [5.74, 6) is 0. The maximum atomic E-state index is 3.20. The van der Waals surface area contributed by atoms with Gasteiger partial charge in [0.2, 0.25) is 0 Å². The number of hydrogen-bond acceptors (Lipinski definition) is 1. The van der Waals surface area contributed by atoms with Crippen molar-refractivity contribution in [1.82, 2.24) is 5.32 Å². The van der Waals surface area contributed by atoms with Gasteiger partial charge in [-0.25, -0.2) is 0 Å². The Morgan fingerprint density at radius 2 is 1.62 bits per heavy atom. The van der Waals surface area contributed by atoms with Gasteiger partial charge in [-0.1, -0.05) is 54.6 Å². The zero-order valence-electron chi connectivity index (χ0n) is 12.3. The van der Waals surface area contributed by atoms with Gasteiger partial charge in [-0.2, -0.15) is 0 Å². The lowest BCUT2D eigenvalue weighted by molar-refractivity contribution is 0.818. The van der Waals surface area contributed by atoms with E-state index >= 15 is 0 Å². The van der Waals surface area contributed by atoms with E-state index in [4.69, 9.17) is 0 Å². The molecule has 0 amide bonds. The van der Waals surface area contributed by atoms with E-state index in [1.807, 2.05) is 7.05 Å². The van der Waals surface area contributed by atoms with Gasteiger partial charge in [0.1, 0.15) is 0 Å². The Morgan fingerprint density at radius 1 is 0.857 bits per heavy atom. The van der Waals surface area contributed by atoms with Gasteiger partial charge in [0.25, 0.3) is 0 Å². The molecular formula is C20H19N. The van der Waals surface area contributed by atoms with Crippen molar-refractivity contribution in [2.24, 2.45) is 0 Å². The zero-order chi connectivity index (χ0) is 14.2. The Balaban J connectivity index is 1.87. The quantitative estimate of drug-likeness (QED) is 0.749. The van der Waals surface area contributed by atoms with Crippen LogP contribution in [0.3, 0.4) is 0 Å². The van der Waals surface area contributed by atoms with Gasteiger partial charge in [0, 0.05) is 6.54 Å². The Kier molecular flexibility index (Phi) is 3.01. The van der Waals surface area contributed by atoms with Crippen LogP contribution in [0.15, 0.2) is 54.6 Å². The average molecular weight is 273 g/mol. The van der Waals surface area contributed by atoms with Crippen LogP contribution in [-0.4, -0.2) is 7.05 Å². The number of benzene rings is 3. The van der Waals surface area contributed by atoms with Crippen molar-refractivity contribution in [2.45, 2.75) is 19.4 Å². The molecule has 0 radical (unpaired) electrons. The fraction of sp³-hybridized carbons (Fsp3) is 0.200. The predicted octanol–water partition coefficient (Wildman–Crippen LogP) is 4.32. The molecule has 104 valence electrons. The van der Waals surface area contributed by atoms with E-state index in [1.165, 1.54) is 51.4 Å². The van der Waals surface area contributed by atoms with Crippen molar-refractivity contribution in [3.05, 3.63) is 71.3 Å². The lowest BCUT2D eigenvalue weighted by atomic mass is 9.95. The van der Waals surface area contributed by atoms with Gasteiger partial charge in [-0.05, 0) is 58.5 Å². The molecule has 3 aromatic rings. The van der Waals surface area contributed by atoms with E-state index in [0.29, 0.717) is 0 Å². The van der Waals surface area contributed by atoms with E-state index in [2.05, 4.69) is 59.9 Å². The molecule has 0 spiro atoms. The minimum Gasteiger partial charge on any atom is -0.316 e. The maximum Gasteiger partial charge on any atom is 0.0202 e. The molecule has 0 unspecified atom stereocenters. The number of hydrogen-bond donors (Lipinski definition) is 1. The Labute approximate surface area is 125 Å². The summed E-state index contributed by atoms with van der Waals surface area (Å²) in [6, 6.07) is 20.3. The summed E-state index contributed by atoms with van der Waals surface area (Å²) in [5.41, 5.74) is 7.01. The average Bonchev–Trinajstić information content (AvgIpc) is 2.95. The van der Waals surface area contributed by atoms with Crippen LogP contribution in [-0.2, 0) is 19.4 Å². The SMILES string of the molecule is CNCc1ccc(-c2ccc3c4c(cccc24)CC3)cc1. The molecular weight excluding hydrogens is 254 g/mol. The fourth-order valence-electron chi connectivity index (χ4n) is 3.50. The molecule has 0 heterocycles. The van der Waals surface area contributed by atoms with E-state index in [-0.39, 0.29) is 0 Å². The highest BCUT2D eigenvalue weighted by Crippen LogP contribution is 2.36. The molecule has 0 bridgehead atoms. The van der Waals surface area contributed by atoms with Gasteiger partial charge in [-0.3, -0.25) is 0 Å². The second-order valence-corrected chi connectivity index (χ2v) is 5.84. The van der Waals surface area contributed by atoms with Crippen LogP contribution >= 0.6 is 0 Å². The monoisotopic (exact) mass is 273 g/mol. The highest BCUT2D eigenvalue weighted by molar-refractivity contribution is 6.01. The molecule has 1 aliphatic carbocycles. The van der Waals surface area contributed by atoms with Crippen LogP contribution in [0.25, 0.3) is 21.9 Å². The Hall–Kier alpha value is -2.12. The standard InChI is InChI=1S/C20H19N/c1-21-13-14-5-7-15(8-6-14)18-12-11-17-10-9-16-3-2-4-19(18)20(16)17/h2-8,11-12,21H,9-10,13H2,1H3. The molecule has 0 aromatic heterocycles. The third kappa shape index (κ3) is 2.05. The first kappa shape index (κ1) is 12.6. The summed E-state index contributed by atoms with van der Waals surface area (Å²) in [7, 11) is 1.98. The van der Waals surface area contributed by atoms with Crippen molar-refractivity contribution in [2.75, 3.05) is 7.05 Å². The van der Waals surface area contributed by atoms with Crippen molar-refractivity contribution in [1.29, 1.82) is 0 Å². The fourth-order valence-corrected chi connectivity index (χ4v) is 3.50. The number of nitrogens with one attached hydrogen (secondary N) is 1. The molecule has 1 nitrogen and oxygen atoms in total. The first-order valence-corrected chi connectivity index (χ1v) is 7.64. The van der Waals surface area contributed by atoms with Crippen molar-refractivity contribution in [3.8, 4) is 11.1 Å². The number of aryl methyl sites for hydroxylation is 2. The largest absolute Gasteiger partial charge is 0.316 e. The van der Waals surface area contributed by atoms with Gasteiger partial charge in [0.15, 0.2) is 0 Å². The van der Waals surface area contributed by atoms with Gasteiger partial charge < -0.3 is 5.32 Å².